The van der Waals surface area contributed by atoms with E-state index >= 15 is 0 Å². The Morgan fingerprint density at radius 2 is 1.19 bits per heavy atom. The zero-order valence-corrected chi connectivity index (χ0v) is 13.6. The van der Waals surface area contributed by atoms with Crippen LogP contribution in [0.15, 0.2) is 0 Å². The van der Waals surface area contributed by atoms with Crippen LogP contribution >= 0.6 is 11.6 Å². The Morgan fingerprint density at radius 1 is 0.762 bits per heavy atom. The SMILES string of the molecule is CCCC(=O)OCCOCCOCCOCCOCCCl. The molecule has 0 saturated heterocycles. The van der Waals surface area contributed by atoms with Crippen LogP contribution in [-0.2, 0) is 28.5 Å². The van der Waals surface area contributed by atoms with Crippen molar-refractivity contribution in [2.24, 2.45) is 0 Å². The van der Waals surface area contributed by atoms with E-state index in [1.54, 1.807) is 0 Å². The van der Waals surface area contributed by atoms with E-state index in [1.165, 1.54) is 0 Å². The molecule has 126 valence electrons. The molecule has 0 aromatic carbocycles. The van der Waals surface area contributed by atoms with E-state index in [0.717, 1.165) is 6.42 Å². The maximum Gasteiger partial charge on any atom is 0.305 e. The van der Waals surface area contributed by atoms with Gasteiger partial charge in [-0.05, 0) is 6.42 Å². The molecule has 0 fully saturated rings. The van der Waals surface area contributed by atoms with Gasteiger partial charge in [-0.2, -0.15) is 0 Å². The topological polar surface area (TPSA) is 63.2 Å². The molecular weight excluding hydrogens is 300 g/mol. The van der Waals surface area contributed by atoms with E-state index in [1.807, 2.05) is 6.92 Å². The summed E-state index contributed by atoms with van der Waals surface area (Å²) < 4.78 is 25.9. The fourth-order valence-corrected chi connectivity index (χ4v) is 1.42. The molecule has 0 aromatic heterocycles. The van der Waals surface area contributed by atoms with Crippen LogP contribution in [0.5, 0.6) is 0 Å². The summed E-state index contributed by atoms with van der Waals surface area (Å²) in [6.07, 6.45) is 1.26. The lowest BCUT2D eigenvalue weighted by Gasteiger charge is -2.07. The van der Waals surface area contributed by atoms with Crippen LogP contribution in [0.4, 0.5) is 0 Å². The van der Waals surface area contributed by atoms with Crippen LogP contribution in [-0.4, -0.2) is 71.3 Å². The van der Waals surface area contributed by atoms with Gasteiger partial charge in [-0.15, -0.1) is 11.6 Å². The highest BCUT2D eigenvalue weighted by Gasteiger charge is 1.99. The number of ether oxygens (including phenoxy) is 5. The largest absolute Gasteiger partial charge is 0.463 e. The predicted molar refractivity (Wildman–Crippen MR) is 79.9 cm³/mol. The summed E-state index contributed by atoms with van der Waals surface area (Å²) in [5.74, 6) is 0.325. The summed E-state index contributed by atoms with van der Waals surface area (Å²) >= 11 is 5.45. The van der Waals surface area contributed by atoms with Gasteiger partial charge in [0.05, 0.1) is 52.9 Å². The predicted octanol–water partition coefficient (Wildman–Crippen LogP) is 1.63. The highest BCUT2D eigenvalue weighted by molar-refractivity contribution is 6.17. The summed E-state index contributed by atoms with van der Waals surface area (Å²) in [6.45, 7) is 6.28. The summed E-state index contributed by atoms with van der Waals surface area (Å²) in [4.78, 5) is 11.0. The van der Waals surface area contributed by atoms with Crippen molar-refractivity contribution in [2.75, 3.05) is 65.3 Å². The highest BCUT2D eigenvalue weighted by Crippen LogP contribution is 1.91. The molecule has 0 N–H and O–H groups in total. The minimum absolute atomic E-state index is 0.176. The molecule has 6 nitrogen and oxygen atoms in total. The van der Waals surface area contributed by atoms with Crippen molar-refractivity contribution in [1.29, 1.82) is 0 Å². The number of rotatable bonds is 16. The van der Waals surface area contributed by atoms with Gasteiger partial charge in [-0.3, -0.25) is 4.79 Å². The molecule has 7 heteroatoms. The van der Waals surface area contributed by atoms with Gasteiger partial charge in [0.25, 0.3) is 0 Å². The Kier molecular flexibility index (Phi) is 17.3. The third-order valence-corrected chi connectivity index (χ3v) is 2.44. The van der Waals surface area contributed by atoms with Crippen molar-refractivity contribution < 1.29 is 28.5 Å². The Labute approximate surface area is 132 Å². The van der Waals surface area contributed by atoms with Crippen molar-refractivity contribution in [3.8, 4) is 0 Å². The Balaban J connectivity index is 3.01. The standard InChI is InChI=1S/C14H27ClO6/c1-2-3-14(16)21-13-12-20-11-10-19-9-8-18-7-6-17-5-4-15/h2-13H2,1H3. The van der Waals surface area contributed by atoms with Gasteiger partial charge >= 0.3 is 5.97 Å². The van der Waals surface area contributed by atoms with Gasteiger partial charge in [-0.25, -0.2) is 0 Å². The molecular formula is C14H27ClO6. The molecule has 0 aliphatic rings. The molecule has 0 aliphatic heterocycles. The molecule has 0 heterocycles. The molecule has 0 unspecified atom stereocenters. The van der Waals surface area contributed by atoms with Crippen LogP contribution < -0.4 is 0 Å². The highest BCUT2D eigenvalue weighted by atomic mass is 35.5. The van der Waals surface area contributed by atoms with Crippen LogP contribution in [0.25, 0.3) is 0 Å². The second-order valence-corrected chi connectivity index (χ2v) is 4.49. The Bertz CT molecular complexity index is 228. The molecule has 0 amide bonds. The number of esters is 1. The lowest BCUT2D eigenvalue weighted by molar-refractivity contribution is -0.145. The molecule has 0 spiro atoms. The van der Waals surface area contributed by atoms with E-state index in [-0.39, 0.29) is 5.97 Å². The molecule has 0 aromatic rings. The van der Waals surface area contributed by atoms with Crippen LogP contribution in [0.1, 0.15) is 19.8 Å². The van der Waals surface area contributed by atoms with Crippen LogP contribution in [0.2, 0.25) is 0 Å². The number of alkyl halides is 1. The maximum absolute atomic E-state index is 11.0. The summed E-state index contributed by atoms with van der Waals surface area (Å²) in [7, 11) is 0. The van der Waals surface area contributed by atoms with E-state index in [2.05, 4.69) is 0 Å². The van der Waals surface area contributed by atoms with Gasteiger partial charge in [0.1, 0.15) is 6.61 Å². The fraction of sp³-hybridized carbons (Fsp3) is 0.929. The van der Waals surface area contributed by atoms with Gasteiger partial charge in [0.2, 0.25) is 0 Å². The molecule has 0 aliphatic carbocycles. The lowest BCUT2D eigenvalue weighted by atomic mass is 10.3. The molecule has 21 heavy (non-hydrogen) atoms. The lowest BCUT2D eigenvalue weighted by Crippen LogP contribution is -2.14. The van der Waals surface area contributed by atoms with Crippen molar-refractivity contribution in [1.82, 2.24) is 0 Å². The Morgan fingerprint density at radius 3 is 1.62 bits per heavy atom. The van der Waals surface area contributed by atoms with E-state index in [9.17, 15) is 4.79 Å². The number of halogens is 1. The number of carbonyl (C=O) groups excluding carboxylic acids is 1. The molecule has 0 saturated carbocycles. The quantitative estimate of drug-likeness (QED) is 0.244. The minimum Gasteiger partial charge on any atom is -0.463 e. The second-order valence-electron chi connectivity index (χ2n) is 4.11. The minimum atomic E-state index is -0.176. The van der Waals surface area contributed by atoms with Crippen LogP contribution in [0, 0.1) is 0 Å². The van der Waals surface area contributed by atoms with Gasteiger partial charge in [0, 0.05) is 12.3 Å². The zero-order valence-electron chi connectivity index (χ0n) is 12.8. The van der Waals surface area contributed by atoms with Crippen molar-refractivity contribution in [3.05, 3.63) is 0 Å². The molecule has 0 bridgehead atoms. The maximum atomic E-state index is 11.0. The summed E-state index contributed by atoms with van der Waals surface area (Å²) in [6, 6.07) is 0. The average molecular weight is 327 g/mol. The third kappa shape index (κ3) is 17.5. The first-order chi connectivity index (χ1) is 10.3. The van der Waals surface area contributed by atoms with Crippen molar-refractivity contribution >= 4 is 17.6 Å². The van der Waals surface area contributed by atoms with E-state index in [0.29, 0.717) is 71.8 Å². The first-order valence-electron chi connectivity index (χ1n) is 7.33. The third-order valence-electron chi connectivity index (χ3n) is 2.28. The molecule has 0 radical (unpaired) electrons. The van der Waals surface area contributed by atoms with E-state index < -0.39 is 0 Å². The number of hydrogen-bond donors (Lipinski definition) is 0. The normalized spacial score (nSPS) is 10.8. The number of hydrogen-bond acceptors (Lipinski definition) is 6. The Hall–Kier alpha value is -0.400. The fourth-order valence-electron chi connectivity index (χ4n) is 1.31. The second kappa shape index (κ2) is 17.7. The summed E-state index contributed by atoms with van der Waals surface area (Å²) in [5.41, 5.74) is 0. The average Bonchev–Trinajstić information content (AvgIpc) is 2.48. The van der Waals surface area contributed by atoms with Crippen LogP contribution in [0.3, 0.4) is 0 Å². The number of carbonyl (C=O) groups is 1. The summed E-state index contributed by atoms with van der Waals surface area (Å²) in [5, 5.41) is 0. The van der Waals surface area contributed by atoms with Gasteiger partial charge in [0.15, 0.2) is 0 Å². The van der Waals surface area contributed by atoms with Gasteiger partial charge < -0.3 is 23.7 Å². The molecule has 0 rings (SSSR count). The smallest absolute Gasteiger partial charge is 0.305 e. The first kappa shape index (κ1) is 20.6. The van der Waals surface area contributed by atoms with E-state index in [4.69, 9.17) is 35.3 Å². The van der Waals surface area contributed by atoms with Crippen molar-refractivity contribution in [3.63, 3.8) is 0 Å². The van der Waals surface area contributed by atoms with Gasteiger partial charge in [-0.1, -0.05) is 6.92 Å². The monoisotopic (exact) mass is 326 g/mol. The zero-order chi connectivity index (χ0) is 15.6. The first-order valence-corrected chi connectivity index (χ1v) is 7.87. The molecule has 0 atom stereocenters. The van der Waals surface area contributed by atoms with Crippen molar-refractivity contribution in [2.45, 2.75) is 19.8 Å².